The van der Waals surface area contributed by atoms with Crippen LogP contribution in [-0.2, 0) is 17.1 Å². The maximum Gasteiger partial charge on any atom is 0.259 e. The van der Waals surface area contributed by atoms with Gasteiger partial charge in [0.25, 0.3) is 10.0 Å². The summed E-state index contributed by atoms with van der Waals surface area (Å²) in [6.45, 7) is 4.21. The zero-order chi connectivity index (χ0) is 13.1. The molecule has 1 heterocycles. The maximum absolute atomic E-state index is 11.9. The SMILES string of the molecule is CCCC(Br)CNS(=O)(=O)c1cn(C)c(C)n1. The first kappa shape index (κ1) is 14.7. The van der Waals surface area contributed by atoms with E-state index >= 15 is 0 Å². The van der Waals surface area contributed by atoms with Crippen molar-refractivity contribution in [3.8, 4) is 0 Å². The highest BCUT2D eigenvalue weighted by atomic mass is 79.9. The van der Waals surface area contributed by atoms with Crippen LogP contribution in [0.25, 0.3) is 0 Å². The molecule has 0 aliphatic heterocycles. The van der Waals surface area contributed by atoms with E-state index in [1.54, 1.807) is 18.5 Å². The first-order valence-electron chi connectivity index (χ1n) is 5.50. The van der Waals surface area contributed by atoms with E-state index in [-0.39, 0.29) is 9.85 Å². The number of imidazole rings is 1. The molecule has 0 fully saturated rings. The van der Waals surface area contributed by atoms with Gasteiger partial charge in [0.1, 0.15) is 5.82 Å². The fraction of sp³-hybridized carbons (Fsp3) is 0.700. The molecule has 0 spiro atoms. The smallest absolute Gasteiger partial charge is 0.259 e. The normalized spacial score (nSPS) is 13.9. The third-order valence-corrected chi connectivity index (χ3v) is 4.53. The van der Waals surface area contributed by atoms with E-state index < -0.39 is 10.0 Å². The van der Waals surface area contributed by atoms with Crippen molar-refractivity contribution < 1.29 is 8.42 Å². The lowest BCUT2D eigenvalue weighted by molar-refractivity contribution is 0.575. The molecule has 0 saturated carbocycles. The number of halogens is 1. The number of rotatable bonds is 6. The minimum atomic E-state index is -3.49. The Morgan fingerprint density at radius 1 is 1.59 bits per heavy atom. The second-order valence-electron chi connectivity index (χ2n) is 3.98. The van der Waals surface area contributed by atoms with Gasteiger partial charge in [-0.05, 0) is 13.3 Å². The summed E-state index contributed by atoms with van der Waals surface area (Å²) in [5.74, 6) is 0.675. The highest BCUT2D eigenvalue weighted by Gasteiger charge is 2.19. The van der Waals surface area contributed by atoms with Crippen LogP contribution in [0, 0.1) is 6.92 Å². The van der Waals surface area contributed by atoms with E-state index in [1.165, 1.54) is 6.20 Å². The largest absolute Gasteiger partial charge is 0.337 e. The molecule has 7 heteroatoms. The molecule has 1 aromatic rings. The molecule has 0 radical (unpaired) electrons. The van der Waals surface area contributed by atoms with Gasteiger partial charge in [0.05, 0.1) is 0 Å². The summed E-state index contributed by atoms with van der Waals surface area (Å²) in [4.78, 5) is 4.16. The number of aromatic nitrogens is 2. The average molecular weight is 324 g/mol. The molecular weight excluding hydrogens is 306 g/mol. The van der Waals surface area contributed by atoms with E-state index in [9.17, 15) is 8.42 Å². The number of hydrogen-bond donors (Lipinski definition) is 1. The van der Waals surface area contributed by atoms with E-state index in [0.29, 0.717) is 12.4 Å². The monoisotopic (exact) mass is 323 g/mol. The number of nitrogens with one attached hydrogen (secondary N) is 1. The third kappa shape index (κ3) is 4.08. The average Bonchev–Trinajstić information content (AvgIpc) is 2.58. The molecule has 0 saturated heterocycles. The van der Waals surface area contributed by atoms with Gasteiger partial charge >= 0.3 is 0 Å². The summed E-state index contributed by atoms with van der Waals surface area (Å²) in [6, 6.07) is 0. The molecule has 0 aliphatic carbocycles. The number of nitrogens with zero attached hydrogens (tertiary/aromatic N) is 2. The second kappa shape index (κ2) is 5.97. The lowest BCUT2D eigenvalue weighted by Gasteiger charge is -2.09. The Morgan fingerprint density at radius 3 is 2.71 bits per heavy atom. The first-order valence-corrected chi connectivity index (χ1v) is 7.90. The van der Waals surface area contributed by atoms with Gasteiger partial charge in [-0.15, -0.1) is 0 Å². The fourth-order valence-corrected chi connectivity index (χ4v) is 3.30. The zero-order valence-corrected chi connectivity index (χ0v) is 12.7. The number of aryl methyl sites for hydroxylation is 2. The minimum absolute atomic E-state index is 0.0775. The molecule has 98 valence electrons. The molecule has 1 unspecified atom stereocenters. The Hall–Kier alpha value is -0.400. The maximum atomic E-state index is 11.9. The van der Waals surface area contributed by atoms with Gasteiger partial charge in [-0.25, -0.2) is 18.1 Å². The molecule has 1 rings (SSSR count). The first-order chi connectivity index (χ1) is 7.86. The molecule has 0 amide bonds. The van der Waals surface area contributed by atoms with Gasteiger partial charge < -0.3 is 4.57 Å². The van der Waals surface area contributed by atoms with Crippen molar-refractivity contribution in [3.63, 3.8) is 0 Å². The Bertz CT molecular complexity index is 450. The predicted octanol–water partition coefficient (Wildman–Crippen LogP) is 1.57. The molecule has 0 bridgehead atoms. The number of sulfonamides is 1. The fourth-order valence-electron chi connectivity index (χ4n) is 1.35. The summed E-state index contributed by atoms with van der Waals surface area (Å²) in [5.41, 5.74) is 0. The lowest BCUT2D eigenvalue weighted by Crippen LogP contribution is -2.29. The summed E-state index contributed by atoms with van der Waals surface area (Å²) in [5, 5.41) is 0.0775. The summed E-state index contributed by atoms with van der Waals surface area (Å²) in [7, 11) is -1.72. The van der Waals surface area contributed by atoms with Gasteiger partial charge in [-0.2, -0.15) is 0 Å². The Balaban J connectivity index is 2.69. The third-order valence-electron chi connectivity index (χ3n) is 2.46. The quantitative estimate of drug-likeness (QED) is 0.808. The standard InChI is InChI=1S/C10H18BrN3O2S/c1-4-5-9(11)6-12-17(15,16)10-7-14(3)8(2)13-10/h7,9,12H,4-6H2,1-3H3. The van der Waals surface area contributed by atoms with E-state index in [0.717, 1.165) is 12.8 Å². The van der Waals surface area contributed by atoms with Crippen LogP contribution in [0.3, 0.4) is 0 Å². The molecule has 5 nitrogen and oxygen atoms in total. The molecule has 17 heavy (non-hydrogen) atoms. The van der Waals surface area contributed by atoms with Crippen molar-refractivity contribution in [3.05, 3.63) is 12.0 Å². The van der Waals surface area contributed by atoms with Crippen molar-refractivity contribution in [2.45, 2.75) is 36.5 Å². The van der Waals surface area contributed by atoms with Crippen LogP contribution >= 0.6 is 15.9 Å². The van der Waals surface area contributed by atoms with Crippen molar-refractivity contribution in [1.82, 2.24) is 14.3 Å². The second-order valence-corrected chi connectivity index (χ2v) is 6.98. The molecule has 1 N–H and O–H groups in total. The van der Waals surface area contributed by atoms with Gasteiger partial charge in [0.15, 0.2) is 5.03 Å². The van der Waals surface area contributed by atoms with Crippen LogP contribution in [-0.4, -0.2) is 29.3 Å². The van der Waals surface area contributed by atoms with Gasteiger partial charge in [0.2, 0.25) is 0 Å². The number of hydrogen-bond acceptors (Lipinski definition) is 3. The van der Waals surface area contributed by atoms with Crippen molar-refractivity contribution in [2.75, 3.05) is 6.54 Å². The van der Waals surface area contributed by atoms with Gasteiger partial charge in [0, 0.05) is 24.6 Å². The zero-order valence-electron chi connectivity index (χ0n) is 10.3. The van der Waals surface area contributed by atoms with Crippen LogP contribution in [0.4, 0.5) is 0 Å². The van der Waals surface area contributed by atoms with Crippen LogP contribution < -0.4 is 4.72 Å². The van der Waals surface area contributed by atoms with E-state index in [1.807, 2.05) is 0 Å². The number of alkyl halides is 1. The van der Waals surface area contributed by atoms with Crippen LogP contribution in [0.2, 0.25) is 0 Å². The van der Waals surface area contributed by atoms with Crippen LogP contribution in [0.15, 0.2) is 11.2 Å². The minimum Gasteiger partial charge on any atom is -0.337 e. The molecule has 0 aliphatic rings. The predicted molar refractivity (Wildman–Crippen MR) is 70.8 cm³/mol. The highest BCUT2D eigenvalue weighted by Crippen LogP contribution is 2.10. The summed E-state index contributed by atoms with van der Waals surface area (Å²) in [6.07, 6.45) is 3.46. The van der Waals surface area contributed by atoms with E-state index in [2.05, 4.69) is 32.6 Å². The molecule has 0 aromatic carbocycles. The van der Waals surface area contributed by atoms with Crippen molar-refractivity contribution >= 4 is 26.0 Å². The Labute approximate surface area is 111 Å². The van der Waals surface area contributed by atoms with Crippen molar-refractivity contribution in [1.29, 1.82) is 0 Å². The molecule has 1 atom stereocenters. The van der Waals surface area contributed by atoms with Crippen LogP contribution in [0.1, 0.15) is 25.6 Å². The summed E-state index contributed by atoms with van der Waals surface area (Å²) < 4.78 is 28.0. The lowest BCUT2D eigenvalue weighted by atomic mass is 10.2. The van der Waals surface area contributed by atoms with Gasteiger partial charge in [-0.3, -0.25) is 0 Å². The topological polar surface area (TPSA) is 64.0 Å². The molecular formula is C10H18BrN3O2S. The Kier molecular flexibility index (Phi) is 5.15. The van der Waals surface area contributed by atoms with Crippen molar-refractivity contribution in [2.24, 2.45) is 7.05 Å². The van der Waals surface area contributed by atoms with E-state index in [4.69, 9.17) is 0 Å². The highest BCUT2D eigenvalue weighted by molar-refractivity contribution is 9.09. The molecule has 1 aromatic heterocycles. The van der Waals surface area contributed by atoms with Crippen LogP contribution in [0.5, 0.6) is 0 Å². The Morgan fingerprint density at radius 2 is 2.24 bits per heavy atom. The van der Waals surface area contributed by atoms with Gasteiger partial charge in [-0.1, -0.05) is 29.3 Å². The summed E-state index contributed by atoms with van der Waals surface area (Å²) >= 11 is 3.43.